The van der Waals surface area contributed by atoms with E-state index in [1.54, 1.807) is 113 Å². The normalized spacial score (nSPS) is 17.1. The van der Waals surface area contributed by atoms with Gasteiger partial charge in [0.15, 0.2) is 0 Å². The van der Waals surface area contributed by atoms with Crippen LogP contribution in [0, 0.1) is 11.6 Å². The van der Waals surface area contributed by atoms with Crippen LogP contribution < -0.4 is 48.4 Å². The summed E-state index contributed by atoms with van der Waals surface area (Å²) in [5.74, 6) is -0.908. The van der Waals surface area contributed by atoms with Gasteiger partial charge in [-0.2, -0.15) is 0 Å². The van der Waals surface area contributed by atoms with Gasteiger partial charge in [-0.1, -0.05) is 267 Å². The molecule has 121 heavy (non-hydrogen) atoms. The van der Waals surface area contributed by atoms with Crippen LogP contribution in [0.25, 0.3) is 11.1 Å². The second-order valence-corrected chi connectivity index (χ2v) is 39.9. The number of aliphatic hydroxyl groups is 2. The number of pyridine rings is 2. The summed E-state index contributed by atoms with van der Waals surface area (Å²) in [6, 6.07) is 98.9. The summed E-state index contributed by atoms with van der Waals surface area (Å²) >= 11 is 3.13. The average molecular weight is 1870 g/mol. The third kappa shape index (κ3) is 25.4. The molecule has 0 saturated carbocycles. The second kappa shape index (κ2) is 42.9. The maximum Gasteiger partial charge on any atom is -0.0134 e. The number of ether oxygens (including phenoxy) is 2. The van der Waals surface area contributed by atoms with Crippen molar-refractivity contribution in [3.05, 3.63) is 375 Å². The minimum atomic E-state index is -1.25. The molecule has 634 valence electrons. The Kier molecular flexibility index (Phi) is 33.4. The Bertz CT molecular complexity index is 5120. The van der Waals surface area contributed by atoms with Gasteiger partial charge in [0.25, 0.3) is 0 Å². The number of amides is 2. The Labute approximate surface area is 737 Å². The smallest absolute Gasteiger partial charge is 0.0134 e. The first-order valence-corrected chi connectivity index (χ1v) is 47.3. The van der Waals surface area contributed by atoms with Crippen molar-refractivity contribution in [2.24, 2.45) is 14.1 Å². The number of nitrogens with zero attached hydrogens (tertiary/aromatic N) is 4. The van der Waals surface area contributed by atoms with Crippen molar-refractivity contribution in [1.82, 2.24) is 18.9 Å². The molecule has 15 rings (SSSR count). The first-order valence-electron chi connectivity index (χ1n) is 39.9. The van der Waals surface area contributed by atoms with E-state index in [9.17, 15) is 38.2 Å². The molecule has 5 heterocycles. The molecule has 0 radical (unpaired) electrons. The van der Waals surface area contributed by atoms with Gasteiger partial charge >= 0.3 is 54.3 Å². The molecule has 3 fully saturated rings. The maximum absolute atomic E-state index is 14.8. The van der Waals surface area contributed by atoms with Crippen LogP contribution >= 0.6 is 50.8 Å². The molecule has 4 atom stereocenters. The van der Waals surface area contributed by atoms with E-state index in [-0.39, 0.29) is 57.5 Å². The number of halogens is 5. The van der Waals surface area contributed by atoms with Gasteiger partial charge in [0.05, 0.1) is 34.5 Å². The number of hydrogen-bond donors (Lipinski definition) is 2. The Hall–Kier alpha value is -9.01. The van der Waals surface area contributed by atoms with Crippen molar-refractivity contribution in [2.45, 2.75) is 141 Å². The van der Waals surface area contributed by atoms with E-state index in [0.29, 0.717) is 31.5 Å². The van der Waals surface area contributed by atoms with Gasteiger partial charge in [-0.25, -0.2) is 18.4 Å². The van der Waals surface area contributed by atoms with Crippen LogP contribution in [0.1, 0.15) is 129 Å². The van der Waals surface area contributed by atoms with E-state index in [1.165, 1.54) is 65.2 Å². The quantitative estimate of drug-likeness (QED) is 0.0625. The molecule has 0 spiro atoms. The van der Waals surface area contributed by atoms with Crippen molar-refractivity contribution >= 4 is 107 Å². The number of cyclic esters (lactones) is 2. The predicted molar refractivity (Wildman–Crippen MR) is 491 cm³/mol. The molecule has 3 saturated heterocycles. The van der Waals surface area contributed by atoms with Crippen LogP contribution in [0.5, 0.6) is 0 Å². The van der Waals surface area contributed by atoms with Crippen LogP contribution in [0.3, 0.4) is 0 Å². The summed E-state index contributed by atoms with van der Waals surface area (Å²) in [5.41, 5.74) is -0.468. The second-order valence-electron chi connectivity index (χ2n) is 32.2. The van der Waals surface area contributed by atoms with Crippen molar-refractivity contribution < 1.29 is 63.3 Å². The van der Waals surface area contributed by atoms with Crippen LogP contribution in [-0.4, -0.2) is 83.9 Å². The summed E-state index contributed by atoms with van der Waals surface area (Å²) < 4.78 is 57.7. The van der Waals surface area contributed by atoms with Crippen LogP contribution in [0.15, 0.2) is 330 Å². The topological polar surface area (TPSA) is 162 Å². The molecular formula is C98H104BBrCl2F2N4O10P2Pd. The van der Waals surface area contributed by atoms with Crippen molar-refractivity contribution in [2.75, 3.05) is 13.1 Å². The molecular weight excluding hydrogens is 1760 g/mol. The standard InChI is InChI=1S/C28H37BFNO5.C28H31FN2O4.2C18H15P.C6H6BrNO.2ClH.Pd/c1-19(20-12-14-21(15-13-20)29-35-26(4,5)27(6,7)36-29)31-17-16-28(34-24(31)32,18-25(2,3)33)22-10-8-9-11-23(22)30;1-19(20-9-11-21(12-10-20)22-13-14-25(32)30(4)17-22)31-16-15-28(35-26(31)33,18-27(2,3)34)23-7-5-6-8-24(23)29;2*1-4-10-16(11-5-1)19(17-12-6-2-7-13-17)18-14-8-3-9-15-18;1-8-4-5(7)2-3-6(8)9;;;/h8-15,19,33H,16-18H2,1-7H3;5-14,17,19,34H,15-16,18H2,1-4H3;2*1-15H;2-4H,1H3;2*1H;/q;;;;;;;+2/p-2/t2*19-,28-;;;;;;/m00....../s1. The molecule has 2 amide bonds. The summed E-state index contributed by atoms with van der Waals surface area (Å²) in [6.45, 7) is 19.2. The van der Waals surface area contributed by atoms with Crippen LogP contribution in [-0.2, 0) is 60.0 Å². The fourth-order valence-corrected chi connectivity index (χ4v) is 19.9. The number of carbonyl (C=O) groups excluding carboxylic acids is 2. The zero-order valence-corrected chi connectivity index (χ0v) is 76.5. The van der Waals surface area contributed by atoms with Gasteiger partial charge in [-0.3, -0.25) is 9.59 Å². The molecule has 2 aromatic heterocycles. The molecule has 14 nitrogen and oxygen atoms in total. The number of hydrogen-bond acceptors (Lipinski definition) is 10. The summed E-state index contributed by atoms with van der Waals surface area (Å²) in [6.07, 6.45) is 3.33. The van der Waals surface area contributed by atoms with Crippen molar-refractivity contribution in [3.63, 3.8) is 0 Å². The van der Waals surface area contributed by atoms with Crippen LogP contribution in [0.2, 0.25) is 0 Å². The Morgan fingerprint density at radius 3 is 1.02 bits per heavy atom. The molecule has 23 heteroatoms. The van der Waals surface area contributed by atoms with E-state index >= 15 is 0 Å². The third-order valence-corrected chi connectivity index (χ3v) is 26.9. The van der Waals surface area contributed by atoms with E-state index in [1.807, 2.05) is 90.1 Å². The summed E-state index contributed by atoms with van der Waals surface area (Å²) in [5, 5.41) is 29.5. The van der Waals surface area contributed by atoms with E-state index < -0.39 is 80.4 Å². The minimum absolute atomic E-state index is 0.0122. The zero-order chi connectivity index (χ0) is 87.3. The van der Waals surface area contributed by atoms with Gasteiger partial charge in [0.2, 0.25) is 11.1 Å². The van der Waals surface area contributed by atoms with Crippen molar-refractivity contribution in [1.29, 1.82) is 0 Å². The van der Waals surface area contributed by atoms with Gasteiger partial charge in [0, 0.05) is 93.0 Å². The van der Waals surface area contributed by atoms with Gasteiger partial charge in [0.1, 0.15) is 22.8 Å². The molecule has 2 N–H and O–H groups in total. The molecule has 0 aliphatic carbocycles. The first-order chi connectivity index (χ1) is 57.6. The summed E-state index contributed by atoms with van der Waals surface area (Å²) in [7, 11) is 11.7. The number of aromatic nitrogens is 2. The Balaban J connectivity index is 0.000000167. The molecule has 3 aliphatic heterocycles. The molecule has 3 aliphatic rings. The maximum atomic E-state index is 14.8. The molecule has 10 aromatic carbocycles. The SMILES string of the molecule is C[C@@H](c1ccc(-c2ccc(=O)n(C)c2)cc1)N1CC[C@](CC(C)(C)O)(c2ccccc2F)OC1=O.C[C@@H](c1ccc(B2OC(C)(C)C(C)(C)O2)cc1)N1CC[C@](CC(C)(C)O)(c2ccccc2F)OC1=O.Cn1cc(Br)ccc1=O.[Cl][Pd][Cl].c1ccc(P(c2ccccc2)c2ccccc2)cc1.c1ccc(P(c2ccccc2)c2ccccc2)cc1. The zero-order valence-electron chi connectivity index (χ0n) is 70.0. The predicted octanol–water partition coefficient (Wildman–Crippen LogP) is 19.6. The van der Waals surface area contributed by atoms with Gasteiger partial charge in [-0.05, 0) is 185 Å². The number of carbonyl (C=O) groups is 2. The Morgan fingerprint density at radius 2 is 0.727 bits per heavy atom. The fourth-order valence-electron chi connectivity index (χ4n) is 14.8. The van der Waals surface area contributed by atoms with E-state index in [0.717, 1.165) is 32.2 Å². The molecule has 12 aromatic rings. The minimum Gasteiger partial charge on any atom is -0.0622 e. The fraction of sp³-hybridized carbons (Fsp3) is 0.265. The number of benzene rings is 10. The largest absolute Gasteiger partial charge is 0.0622 e. The molecule has 0 bridgehead atoms. The van der Waals surface area contributed by atoms with Gasteiger partial charge in [-0.15, -0.1) is 0 Å². The van der Waals surface area contributed by atoms with Crippen LogP contribution in [0.4, 0.5) is 18.4 Å². The van der Waals surface area contributed by atoms with E-state index in [4.69, 9.17) is 37.8 Å². The Morgan fingerprint density at radius 1 is 0.438 bits per heavy atom. The molecule has 0 unspecified atom stereocenters. The monoisotopic (exact) mass is 1860 g/mol. The number of rotatable bonds is 18. The summed E-state index contributed by atoms with van der Waals surface area (Å²) in [4.78, 5) is 52.1. The average Bonchev–Trinajstić information content (AvgIpc) is 0.822. The first kappa shape index (κ1) is 94.2. The third-order valence-electron chi connectivity index (χ3n) is 21.5. The number of aryl methyl sites for hydroxylation is 2. The van der Waals surface area contributed by atoms with E-state index in [2.05, 4.69) is 198 Å². The van der Waals surface area contributed by atoms with Crippen molar-refractivity contribution in [3.8, 4) is 11.1 Å². The van der Waals surface area contributed by atoms with Gasteiger partial charge < -0.3 is 47.9 Å².